The molecule has 124 valence electrons. The molecule has 0 aliphatic carbocycles. The Bertz CT molecular complexity index is 579. The second kappa shape index (κ2) is 6.01. The molecular weight excluding hydrogens is 303 g/mol. The SMILES string of the molecule is O=C([C@@H]1COC[C@@H]2CN(c3ncc(F)cn3)C[C@@H]21)N1CCCO1. The zero-order valence-corrected chi connectivity index (χ0v) is 12.7. The molecule has 8 heteroatoms. The van der Waals surface area contributed by atoms with Crippen molar-refractivity contribution in [2.75, 3.05) is 44.4 Å². The van der Waals surface area contributed by atoms with Crippen LogP contribution in [0.25, 0.3) is 0 Å². The van der Waals surface area contributed by atoms with Gasteiger partial charge >= 0.3 is 0 Å². The standard InChI is InChI=1S/C15H19FN4O3/c16-11-4-17-15(18-5-11)19-6-10-8-22-9-13(12(10)7-19)14(21)20-2-1-3-23-20/h4-5,10,12-13H,1-3,6-9H2/t10-,12-,13+/m0/s1. The summed E-state index contributed by atoms with van der Waals surface area (Å²) in [5, 5.41) is 1.48. The Morgan fingerprint density at radius 1 is 1.26 bits per heavy atom. The topological polar surface area (TPSA) is 67.8 Å². The first-order chi connectivity index (χ1) is 11.2. The maximum Gasteiger partial charge on any atom is 0.251 e. The quantitative estimate of drug-likeness (QED) is 0.789. The monoisotopic (exact) mass is 322 g/mol. The molecule has 4 heterocycles. The first-order valence-electron chi connectivity index (χ1n) is 7.97. The molecular formula is C15H19FN4O3. The lowest BCUT2D eigenvalue weighted by Gasteiger charge is -2.33. The highest BCUT2D eigenvalue weighted by molar-refractivity contribution is 5.78. The molecule has 3 aliphatic heterocycles. The van der Waals surface area contributed by atoms with Gasteiger partial charge in [-0.05, 0) is 12.3 Å². The van der Waals surface area contributed by atoms with Crippen molar-refractivity contribution < 1.29 is 18.8 Å². The maximum atomic E-state index is 13.0. The van der Waals surface area contributed by atoms with E-state index >= 15 is 0 Å². The number of aromatic nitrogens is 2. The van der Waals surface area contributed by atoms with Gasteiger partial charge in [0.1, 0.15) is 0 Å². The molecule has 0 N–H and O–H groups in total. The second-order valence-corrected chi connectivity index (χ2v) is 6.30. The molecule has 7 nitrogen and oxygen atoms in total. The van der Waals surface area contributed by atoms with Gasteiger partial charge in [-0.15, -0.1) is 0 Å². The van der Waals surface area contributed by atoms with E-state index in [4.69, 9.17) is 9.57 Å². The second-order valence-electron chi connectivity index (χ2n) is 6.30. The van der Waals surface area contributed by atoms with Crippen LogP contribution in [0.15, 0.2) is 12.4 Å². The number of carbonyl (C=O) groups is 1. The largest absolute Gasteiger partial charge is 0.380 e. The maximum absolute atomic E-state index is 13.0. The van der Waals surface area contributed by atoms with Gasteiger partial charge < -0.3 is 9.64 Å². The number of hydrogen-bond donors (Lipinski definition) is 0. The number of fused-ring (bicyclic) bond motifs is 1. The summed E-state index contributed by atoms with van der Waals surface area (Å²) < 4.78 is 18.6. The summed E-state index contributed by atoms with van der Waals surface area (Å²) in [5.74, 6) is 0.316. The van der Waals surface area contributed by atoms with E-state index in [0.717, 1.165) is 13.0 Å². The molecule has 0 radical (unpaired) electrons. The third-order valence-corrected chi connectivity index (χ3v) is 4.84. The first-order valence-corrected chi connectivity index (χ1v) is 7.97. The van der Waals surface area contributed by atoms with Crippen molar-refractivity contribution in [2.45, 2.75) is 6.42 Å². The number of anilines is 1. The molecule has 3 fully saturated rings. The van der Waals surface area contributed by atoms with Crippen LogP contribution in [-0.2, 0) is 14.4 Å². The Morgan fingerprint density at radius 3 is 2.83 bits per heavy atom. The van der Waals surface area contributed by atoms with Crippen LogP contribution in [0.2, 0.25) is 0 Å². The van der Waals surface area contributed by atoms with E-state index in [-0.39, 0.29) is 23.7 Å². The molecule has 3 saturated heterocycles. The Morgan fingerprint density at radius 2 is 2.09 bits per heavy atom. The smallest absolute Gasteiger partial charge is 0.251 e. The average molecular weight is 322 g/mol. The van der Waals surface area contributed by atoms with E-state index in [1.54, 1.807) is 0 Å². The molecule has 0 saturated carbocycles. The number of hydrogen-bond acceptors (Lipinski definition) is 6. The van der Waals surface area contributed by atoms with Gasteiger partial charge in [0.2, 0.25) is 5.95 Å². The molecule has 0 bridgehead atoms. The fraction of sp³-hybridized carbons (Fsp3) is 0.667. The Hall–Kier alpha value is -1.80. The van der Waals surface area contributed by atoms with E-state index in [0.29, 0.717) is 38.9 Å². The molecule has 4 rings (SSSR count). The average Bonchev–Trinajstić information content (AvgIpc) is 3.24. The lowest BCUT2D eigenvalue weighted by molar-refractivity contribution is -0.181. The van der Waals surface area contributed by atoms with Crippen molar-refractivity contribution in [3.8, 4) is 0 Å². The van der Waals surface area contributed by atoms with Crippen LogP contribution < -0.4 is 4.90 Å². The van der Waals surface area contributed by atoms with Gasteiger partial charge in [-0.1, -0.05) is 0 Å². The van der Waals surface area contributed by atoms with Crippen molar-refractivity contribution >= 4 is 11.9 Å². The molecule has 1 amide bonds. The minimum Gasteiger partial charge on any atom is -0.380 e. The molecule has 0 unspecified atom stereocenters. The predicted molar refractivity (Wildman–Crippen MR) is 77.8 cm³/mol. The Balaban J connectivity index is 1.49. The fourth-order valence-electron chi connectivity index (χ4n) is 3.69. The van der Waals surface area contributed by atoms with Crippen molar-refractivity contribution in [3.05, 3.63) is 18.2 Å². The van der Waals surface area contributed by atoms with E-state index in [1.165, 1.54) is 17.5 Å². The zero-order valence-electron chi connectivity index (χ0n) is 12.7. The van der Waals surface area contributed by atoms with E-state index in [2.05, 4.69) is 9.97 Å². The lowest BCUT2D eigenvalue weighted by Crippen LogP contribution is -2.45. The van der Waals surface area contributed by atoms with Gasteiger partial charge in [-0.3, -0.25) is 9.63 Å². The molecule has 0 spiro atoms. The molecule has 1 aromatic rings. The van der Waals surface area contributed by atoms with Crippen LogP contribution in [0.3, 0.4) is 0 Å². The van der Waals surface area contributed by atoms with Crippen LogP contribution in [0, 0.1) is 23.6 Å². The van der Waals surface area contributed by atoms with Crippen LogP contribution in [0.4, 0.5) is 10.3 Å². The van der Waals surface area contributed by atoms with Crippen molar-refractivity contribution in [1.29, 1.82) is 0 Å². The zero-order chi connectivity index (χ0) is 15.8. The minimum absolute atomic E-state index is 0.0130. The van der Waals surface area contributed by atoms with Gasteiger partial charge in [0.25, 0.3) is 5.91 Å². The summed E-state index contributed by atoms with van der Waals surface area (Å²) >= 11 is 0. The number of ether oxygens (including phenoxy) is 1. The Kier molecular flexibility index (Phi) is 3.86. The molecule has 3 aliphatic rings. The summed E-state index contributed by atoms with van der Waals surface area (Å²) in [6.45, 7) is 3.72. The van der Waals surface area contributed by atoms with Crippen LogP contribution in [-0.4, -0.2) is 60.4 Å². The highest BCUT2D eigenvalue weighted by atomic mass is 19.1. The van der Waals surface area contributed by atoms with Crippen molar-refractivity contribution in [3.63, 3.8) is 0 Å². The first kappa shape index (κ1) is 14.8. The van der Waals surface area contributed by atoms with E-state index < -0.39 is 5.82 Å². The van der Waals surface area contributed by atoms with Gasteiger partial charge in [0.05, 0.1) is 44.7 Å². The molecule has 3 atom stereocenters. The van der Waals surface area contributed by atoms with Crippen LogP contribution in [0.1, 0.15) is 6.42 Å². The molecule has 23 heavy (non-hydrogen) atoms. The Labute approximate surface area is 133 Å². The van der Waals surface area contributed by atoms with Crippen LogP contribution in [0.5, 0.6) is 0 Å². The molecule has 0 aromatic carbocycles. The number of hydroxylamine groups is 2. The van der Waals surface area contributed by atoms with Gasteiger partial charge in [-0.2, -0.15) is 0 Å². The number of amides is 1. The summed E-state index contributed by atoms with van der Waals surface area (Å²) in [5.41, 5.74) is 0. The number of rotatable bonds is 2. The lowest BCUT2D eigenvalue weighted by atomic mass is 9.82. The van der Waals surface area contributed by atoms with E-state index in [1.807, 2.05) is 4.90 Å². The normalized spacial score (nSPS) is 30.6. The summed E-state index contributed by atoms with van der Waals surface area (Å²) in [7, 11) is 0. The van der Waals surface area contributed by atoms with Crippen LogP contribution >= 0.6 is 0 Å². The highest BCUT2D eigenvalue weighted by Crippen LogP contribution is 2.36. The summed E-state index contributed by atoms with van der Waals surface area (Å²) in [6, 6.07) is 0. The van der Waals surface area contributed by atoms with Gasteiger partial charge in [0, 0.05) is 19.0 Å². The third kappa shape index (κ3) is 2.76. The number of nitrogens with zero attached hydrogens (tertiary/aromatic N) is 4. The fourth-order valence-corrected chi connectivity index (χ4v) is 3.69. The number of carbonyl (C=O) groups excluding carboxylic acids is 1. The number of halogens is 1. The molecule has 1 aromatic heterocycles. The van der Waals surface area contributed by atoms with Gasteiger partial charge in [0.15, 0.2) is 5.82 Å². The third-order valence-electron chi connectivity index (χ3n) is 4.84. The predicted octanol–water partition coefficient (Wildman–Crippen LogP) is 0.478. The minimum atomic E-state index is -0.451. The van der Waals surface area contributed by atoms with E-state index in [9.17, 15) is 9.18 Å². The van der Waals surface area contributed by atoms with Crippen molar-refractivity contribution in [1.82, 2.24) is 15.0 Å². The summed E-state index contributed by atoms with van der Waals surface area (Å²) in [6.07, 6.45) is 3.21. The highest BCUT2D eigenvalue weighted by Gasteiger charge is 2.46. The van der Waals surface area contributed by atoms with Crippen molar-refractivity contribution in [2.24, 2.45) is 17.8 Å². The van der Waals surface area contributed by atoms with Gasteiger partial charge in [-0.25, -0.2) is 19.4 Å². The summed E-state index contributed by atoms with van der Waals surface area (Å²) in [4.78, 5) is 28.1.